The van der Waals surface area contributed by atoms with Crippen LogP contribution >= 0.6 is 0 Å². The zero-order valence-corrected chi connectivity index (χ0v) is 15.3. The predicted molar refractivity (Wildman–Crippen MR) is 96.2 cm³/mol. The molecule has 1 atom stereocenters. The summed E-state index contributed by atoms with van der Waals surface area (Å²) >= 11 is 0. The van der Waals surface area contributed by atoms with Crippen molar-refractivity contribution in [3.05, 3.63) is 59.2 Å². The first-order valence-electron chi connectivity index (χ1n) is 8.21. The van der Waals surface area contributed by atoms with E-state index in [4.69, 9.17) is 0 Å². The van der Waals surface area contributed by atoms with Gasteiger partial charge in [-0.15, -0.1) is 0 Å². The van der Waals surface area contributed by atoms with Gasteiger partial charge in [0.1, 0.15) is 5.75 Å². The van der Waals surface area contributed by atoms with Crippen molar-refractivity contribution in [2.75, 3.05) is 19.3 Å². The Morgan fingerprint density at radius 3 is 2.44 bits per heavy atom. The van der Waals surface area contributed by atoms with E-state index in [1.54, 1.807) is 31.2 Å². The number of β-amino-alcohol motifs (C(OH)–C–C–N with tert-alkyl or cyclic N) is 1. The summed E-state index contributed by atoms with van der Waals surface area (Å²) in [5.41, 5.74) is 1.90. The number of sulfone groups is 1. The summed E-state index contributed by atoms with van der Waals surface area (Å²) < 4.78 is 23.1. The van der Waals surface area contributed by atoms with Crippen LogP contribution in [-0.4, -0.2) is 42.9 Å². The Labute approximate surface area is 148 Å². The van der Waals surface area contributed by atoms with Gasteiger partial charge >= 0.3 is 0 Å². The summed E-state index contributed by atoms with van der Waals surface area (Å²) in [6, 6.07) is 11.8. The van der Waals surface area contributed by atoms with Gasteiger partial charge in [-0.25, -0.2) is 8.42 Å². The van der Waals surface area contributed by atoms with Crippen molar-refractivity contribution in [2.45, 2.75) is 30.4 Å². The number of hydrogen-bond donors (Lipinski definition) is 2. The Morgan fingerprint density at radius 2 is 1.80 bits per heavy atom. The molecule has 0 saturated carbocycles. The fraction of sp³-hybridized carbons (Fsp3) is 0.368. The second kappa shape index (κ2) is 6.44. The first kappa shape index (κ1) is 17.9. The lowest BCUT2D eigenvalue weighted by Gasteiger charge is -2.35. The van der Waals surface area contributed by atoms with E-state index in [2.05, 4.69) is 4.90 Å². The summed E-state index contributed by atoms with van der Waals surface area (Å²) in [5, 5.41) is 20.6. The van der Waals surface area contributed by atoms with Gasteiger partial charge in [-0.05, 0) is 54.3 Å². The fourth-order valence-electron chi connectivity index (χ4n) is 3.32. The summed E-state index contributed by atoms with van der Waals surface area (Å²) in [4.78, 5) is 2.39. The second-order valence-corrected chi connectivity index (χ2v) is 9.00. The highest BCUT2D eigenvalue weighted by Gasteiger charge is 2.28. The van der Waals surface area contributed by atoms with Gasteiger partial charge in [0.15, 0.2) is 9.84 Å². The Balaban J connectivity index is 1.75. The molecular weight excluding hydrogens is 338 g/mol. The highest BCUT2D eigenvalue weighted by Crippen LogP contribution is 2.28. The molecule has 0 saturated heterocycles. The largest absolute Gasteiger partial charge is 0.508 e. The maximum atomic E-state index is 11.6. The third-order valence-electron chi connectivity index (χ3n) is 4.72. The van der Waals surface area contributed by atoms with Crippen molar-refractivity contribution in [3.63, 3.8) is 0 Å². The van der Waals surface area contributed by atoms with E-state index in [-0.39, 0.29) is 10.6 Å². The quantitative estimate of drug-likeness (QED) is 0.872. The Morgan fingerprint density at radius 1 is 1.12 bits per heavy atom. The van der Waals surface area contributed by atoms with Crippen molar-refractivity contribution in [1.82, 2.24) is 4.90 Å². The van der Waals surface area contributed by atoms with E-state index < -0.39 is 15.4 Å². The van der Waals surface area contributed by atoms with Crippen LogP contribution in [0.2, 0.25) is 0 Å². The van der Waals surface area contributed by atoms with Crippen LogP contribution in [0, 0.1) is 0 Å². The minimum atomic E-state index is -3.25. The molecule has 5 nitrogen and oxygen atoms in total. The summed E-state index contributed by atoms with van der Waals surface area (Å²) in [7, 11) is -3.25. The lowest BCUT2D eigenvalue weighted by Crippen LogP contribution is -2.41. The Hall–Kier alpha value is -1.89. The minimum Gasteiger partial charge on any atom is -0.508 e. The monoisotopic (exact) mass is 361 g/mol. The lowest BCUT2D eigenvalue weighted by atomic mass is 9.93. The van der Waals surface area contributed by atoms with Crippen LogP contribution < -0.4 is 0 Å². The maximum absolute atomic E-state index is 11.6. The van der Waals surface area contributed by atoms with Crippen molar-refractivity contribution in [3.8, 4) is 5.75 Å². The number of rotatable bonds is 4. The molecule has 6 heteroatoms. The molecule has 0 amide bonds. The lowest BCUT2D eigenvalue weighted by molar-refractivity contribution is 0.0117. The number of fused-ring (bicyclic) bond motifs is 1. The first-order valence-corrected chi connectivity index (χ1v) is 10.1. The molecule has 1 aliphatic heterocycles. The number of phenols is 1. The zero-order valence-electron chi connectivity index (χ0n) is 14.4. The van der Waals surface area contributed by atoms with E-state index in [0.29, 0.717) is 18.7 Å². The van der Waals surface area contributed by atoms with E-state index in [0.717, 1.165) is 18.5 Å². The van der Waals surface area contributed by atoms with E-state index in [1.165, 1.54) is 24.0 Å². The van der Waals surface area contributed by atoms with Crippen LogP contribution in [0.15, 0.2) is 47.4 Å². The molecule has 1 aliphatic rings. The molecule has 25 heavy (non-hydrogen) atoms. The summed E-state index contributed by atoms with van der Waals surface area (Å²) in [6.07, 6.45) is 2.04. The third kappa shape index (κ3) is 4.03. The van der Waals surface area contributed by atoms with Gasteiger partial charge in [0.25, 0.3) is 0 Å². The third-order valence-corrected chi connectivity index (χ3v) is 5.85. The molecule has 2 aromatic carbocycles. The molecule has 1 heterocycles. The van der Waals surface area contributed by atoms with Crippen molar-refractivity contribution < 1.29 is 18.6 Å². The van der Waals surface area contributed by atoms with Gasteiger partial charge in [-0.1, -0.05) is 18.2 Å². The number of aromatic hydroxyl groups is 1. The molecule has 0 radical (unpaired) electrons. The van der Waals surface area contributed by atoms with Crippen molar-refractivity contribution in [1.29, 1.82) is 0 Å². The topological polar surface area (TPSA) is 77.8 Å². The van der Waals surface area contributed by atoms with Crippen LogP contribution in [0.5, 0.6) is 5.75 Å². The van der Waals surface area contributed by atoms with E-state index >= 15 is 0 Å². The van der Waals surface area contributed by atoms with Gasteiger partial charge < -0.3 is 10.2 Å². The van der Waals surface area contributed by atoms with Gasteiger partial charge in [-0.3, -0.25) is 4.90 Å². The molecule has 0 aliphatic carbocycles. The number of nitrogens with zero attached hydrogens (tertiary/aromatic N) is 1. The number of hydrogen-bond acceptors (Lipinski definition) is 5. The van der Waals surface area contributed by atoms with Crippen LogP contribution in [0.1, 0.15) is 23.6 Å². The van der Waals surface area contributed by atoms with Crippen molar-refractivity contribution >= 4 is 9.84 Å². The molecule has 0 bridgehead atoms. The molecule has 0 aromatic heterocycles. The highest BCUT2D eigenvalue weighted by molar-refractivity contribution is 7.90. The summed E-state index contributed by atoms with van der Waals surface area (Å²) in [5.74, 6) is 0.253. The SMILES string of the molecule is CC(O)(CN1CCc2ccc(O)cc2C1)c1ccc(S(C)(=O)=O)cc1. The van der Waals surface area contributed by atoms with E-state index in [1.807, 2.05) is 6.07 Å². The van der Waals surface area contributed by atoms with Crippen LogP contribution in [0.4, 0.5) is 0 Å². The smallest absolute Gasteiger partial charge is 0.175 e. The zero-order chi connectivity index (χ0) is 18.2. The summed E-state index contributed by atoms with van der Waals surface area (Å²) in [6.45, 7) is 3.66. The number of phenolic OH excluding ortho intramolecular Hbond substituents is 1. The molecule has 134 valence electrons. The second-order valence-electron chi connectivity index (χ2n) is 6.98. The van der Waals surface area contributed by atoms with Crippen molar-refractivity contribution in [2.24, 2.45) is 0 Å². The Bertz CT molecular complexity index is 873. The average Bonchev–Trinajstić information content (AvgIpc) is 2.53. The molecule has 2 N–H and O–H groups in total. The van der Waals surface area contributed by atoms with Crippen LogP contribution in [0.25, 0.3) is 0 Å². The minimum absolute atomic E-state index is 0.245. The maximum Gasteiger partial charge on any atom is 0.175 e. The van der Waals surface area contributed by atoms with Gasteiger partial charge in [0.05, 0.1) is 10.5 Å². The average molecular weight is 361 g/mol. The van der Waals surface area contributed by atoms with Crippen LogP contribution in [0.3, 0.4) is 0 Å². The molecule has 1 unspecified atom stereocenters. The van der Waals surface area contributed by atoms with Gasteiger partial charge in [0.2, 0.25) is 0 Å². The first-order chi connectivity index (χ1) is 11.6. The normalized spacial score (nSPS) is 17.7. The predicted octanol–water partition coefficient (Wildman–Crippen LogP) is 2.06. The molecule has 0 fully saturated rings. The Kier molecular flexibility index (Phi) is 4.62. The highest BCUT2D eigenvalue weighted by atomic mass is 32.2. The number of benzene rings is 2. The molecule has 3 rings (SSSR count). The molecular formula is C19H23NO4S. The molecule has 0 spiro atoms. The van der Waals surface area contributed by atoms with Crippen LogP contribution in [-0.2, 0) is 28.4 Å². The standard InChI is InChI=1S/C19H23NO4S/c1-19(22,16-4-7-18(8-5-16)25(2,23)24)13-20-10-9-14-3-6-17(21)11-15(14)12-20/h3-8,11,21-22H,9-10,12-13H2,1-2H3. The number of aliphatic hydroxyl groups is 1. The van der Waals surface area contributed by atoms with Gasteiger partial charge in [0, 0.05) is 25.9 Å². The fourth-order valence-corrected chi connectivity index (χ4v) is 3.96. The molecule has 2 aromatic rings. The van der Waals surface area contributed by atoms with Gasteiger partial charge in [-0.2, -0.15) is 0 Å². The van der Waals surface area contributed by atoms with E-state index in [9.17, 15) is 18.6 Å².